The Morgan fingerprint density at radius 3 is 2.49 bits per heavy atom. The Labute approximate surface area is 225 Å². The van der Waals surface area contributed by atoms with Gasteiger partial charge in [0.15, 0.2) is 0 Å². The van der Waals surface area contributed by atoms with E-state index in [-0.39, 0.29) is 23.6 Å². The molecule has 0 amide bonds. The normalized spacial score (nSPS) is 39.8. The molecule has 1 aromatic carbocycles. The molecule has 9 atom stereocenters. The van der Waals surface area contributed by atoms with E-state index >= 15 is 0 Å². The highest BCUT2D eigenvalue weighted by molar-refractivity contribution is 5.89. The molecule has 0 radical (unpaired) electrons. The Kier molecular flexibility index (Phi) is 7.66. The van der Waals surface area contributed by atoms with Gasteiger partial charge in [0.25, 0.3) is 0 Å². The van der Waals surface area contributed by atoms with E-state index in [2.05, 4.69) is 40.7 Å². The maximum Gasteiger partial charge on any atom is 0.338 e. The summed E-state index contributed by atoms with van der Waals surface area (Å²) in [6, 6.07) is 9.32. The number of esters is 1. The average Bonchev–Trinajstić information content (AvgIpc) is 3.22. The van der Waals surface area contributed by atoms with Gasteiger partial charge in [-0.15, -0.1) is 0 Å². The molecule has 4 aliphatic carbocycles. The van der Waals surface area contributed by atoms with E-state index in [4.69, 9.17) is 4.74 Å². The van der Waals surface area contributed by atoms with Gasteiger partial charge in [0.1, 0.15) is 6.10 Å². The van der Waals surface area contributed by atoms with Crippen LogP contribution < -0.4 is 0 Å². The van der Waals surface area contributed by atoms with Crippen molar-refractivity contribution in [3.8, 4) is 0 Å². The molecule has 204 valence electrons. The molecule has 0 spiro atoms. The Morgan fingerprint density at radius 2 is 1.76 bits per heavy atom. The van der Waals surface area contributed by atoms with Crippen LogP contribution >= 0.6 is 0 Å². The number of hydrogen-bond donors (Lipinski definition) is 1. The summed E-state index contributed by atoms with van der Waals surface area (Å²) < 4.78 is 5.95. The van der Waals surface area contributed by atoms with Crippen LogP contribution in [0.3, 0.4) is 0 Å². The Balaban J connectivity index is 1.29. The van der Waals surface area contributed by atoms with Gasteiger partial charge in [-0.3, -0.25) is 0 Å². The number of fused-ring (bicyclic) bond motifs is 5. The number of ether oxygens (including phenoxy) is 1. The first-order chi connectivity index (χ1) is 17.6. The summed E-state index contributed by atoms with van der Waals surface area (Å²) in [5.74, 6) is 3.70. The molecule has 0 heterocycles. The third-order valence-corrected chi connectivity index (χ3v) is 11.6. The monoisotopic (exact) mass is 506 g/mol. The van der Waals surface area contributed by atoms with Gasteiger partial charge in [0.2, 0.25) is 0 Å². The average molecular weight is 507 g/mol. The first kappa shape index (κ1) is 27.0. The molecule has 0 saturated heterocycles. The zero-order valence-electron chi connectivity index (χ0n) is 23.9. The van der Waals surface area contributed by atoms with Crippen LogP contribution in [0.4, 0.5) is 0 Å². The van der Waals surface area contributed by atoms with Crippen LogP contribution in [0.5, 0.6) is 0 Å². The van der Waals surface area contributed by atoms with Crippen molar-refractivity contribution in [2.75, 3.05) is 0 Å². The van der Waals surface area contributed by atoms with Crippen molar-refractivity contribution >= 4 is 5.97 Å². The van der Waals surface area contributed by atoms with Crippen LogP contribution in [0, 0.1) is 46.3 Å². The van der Waals surface area contributed by atoms with E-state index in [0.29, 0.717) is 28.7 Å². The van der Waals surface area contributed by atoms with E-state index in [1.54, 1.807) is 0 Å². The molecule has 0 unspecified atom stereocenters. The highest BCUT2D eigenvalue weighted by Crippen LogP contribution is 2.67. The predicted octanol–water partition coefficient (Wildman–Crippen LogP) is 8.22. The summed E-state index contributed by atoms with van der Waals surface area (Å²) in [6.45, 7) is 12.2. The fourth-order valence-electron chi connectivity index (χ4n) is 9.53. The topological polar surface area (TPSA) is 46.5 Å². The van der Waals surface area contributed by atoms with Crippen LogP contribution in [0.2, 0.25) is 0 Å². The Bertz CT molecular complexity index is 982. The Hall–Kier alpha value is -1.61. The third kappa shape index (κ3) is 4.95. The van der Waals surface area contributed by atoms with Gasteiger partial charge < -0.3 is 9.84 Å². The van der Waals surface area contributed by atoms with Crippen molar-refractivity contribution in [2.45, 2.75) is 111 Å². The van der Waals surface area contributed by atoms with Crippen molar-refractivity contribution in [3.63, 3.8) is 0 Å². The first-order valence-electron chi connectivity index (χ1n) is 15.3. The van der Waals surface area contributed by atoms with Crippen LogP contribution in [0.15, 0.2) is 42.0 Å². The number of carbonyl (C=O) groups excluding carboxylic acids is 1. The highest BCUT2D eigenvalue weighted by Gasteiger charge is 2.61. The van der Waals surface area contributed by atoms with E-state index < -0.39 is 0 Å². The van der Waals surface area contributed by atoms with Crippen molar-refractivity contribution in [2.24, 2.45) is 46.3 Å². The van der Waals surface area contributed by atoms with E-state index in [1.807, 2.05) is 30.3 Å². The van der Waals surface area contributed by atoms with Gasteiger partial charge >= 0.3 is 5.97 Å². The molecule has 5 rings (SSSR count). The standard InChI is InChI=1S/C34H50O3/c1-22(2)10-9-11-23(3)27-14-15-28-31-29(17-19-34(27,28)5)33(4)18-16-26(20-25(33)21-30(31)35)37-32(36)24-12-7-6-8-13-24/h6-8,12-13,21-23,26-31,35H,9-11,14-20H2,1-5H3/t23-,26+,27+,28-,29-,30-,31-,33+,34+/m1/s1. The molecule has 4 aliphatic rings. The van der Waals surface area contributed by atoms with Gasteiger partial charge in [-0.25, -0.2) is 4.79 Å². The zero-order chi connectivity index (χ0) is 26.4. The summed E-state index contributed by atoms with van der Waals surface area (Å²) in [4.78, 5) is 12.7. The van der Waals surface area contributed by atoms with Crippen LogP contribution in [-0.2, 0) is 4.74 Å². The smallest absolute Gasteiger partial charge is 0.338 e. The molecule has 0 aliphatic heterocycles. The summed E-state index contributed by atoms with van der Waals surface area (Å²) in [5.41, 5.74) is 2.46. The number of rotatable bonds is 7. The molecule has 0 aromatic heterocycles. The minimum absolute atomic E-state index is 0.0906. The Morgan fingerprint density at radius 1 is 1.00 bits per heavy atom. The van der Waals surface area contributed by atoms with E-state index in [9.17, 15) is 9.90 Å². The lowest BCUT2D eigenvalue weighted by Crippen LogP contribution is -2.55. The molecule has 0 bridgehead atoms. The van der Waals surface area contributed by atoms with Crippen LogP contribution in [0.25, 0.3) is 0 Å². The number of benzene rings is 1. The second kappa shape index (κ2) is 10.5. The fraction of sp³-hybridized carbons (Fsp3) is 0.735. The summed E-state index contributed by atoms with van der Waals surface area (Å²) in [7, 11) is 0. The van der Waals surface area contributed by atoms with E-state index in [0.717, 1.165) is 37.0 Å². The van der Waals surface area contributed by atoms with Gasteiger partial charge in [0, 0.05) is 6.42 Å². The maximum atomic E-state index is 12.7. The largest absolute Gasteiger partial charge is 0.458 e. The molecule has 3 heteroatoms. The second-order valence-electron chi connectivity index (χ2n) is 14.1. The quantitative estimate of drug-likeness (QED) is 0.299. The van der Waals surface area contributed by atoms with Crippen LogP contribution in [0.1, 0.15) is 109 Å². The minimum Gasteiger partial charge on any atom is -0.458 e. The lowest BCUT2D eigenvalue weighted by atomic mass is 9.46. The number of carbonyl (C=O) groups is 1. The zero-order valence-corrected chi connectivity index (χ0v) is 23.9. The first-order valence-corrected chi connectivity index (χ1v) is 15.3. The molecular weight excluding hydrogens is 456 g/mol. The maximum absolute atomic E-state index is 12.7. The predicted molar refractivity (Wildman–Crippen MR) is 150 cm³/mol. The second-order valence-corrected chi connectivity index (χ2v) is 14.1. The molecule has 3 fully saturated rings. The van der Waals surface area contributed by atoms with E-state index in [1.165, 1.54) is 50.5 Å². The number of hydrogen-bond acceptors (Lipinski definition) is 3. The van der Waals surface area contributed by atoms with Gasteiger partial charge in [0.05, 0.1) is 11.7 Å². The molecule has 1 N–H and O–H groups in total. The van der Waals surface area contributed by atoms with Crippen molar-refractivity contribution in [1.29, 1.82) is 0 Å². The number of aliphatic hydroxyl groups excluding tert-OH is 1. The molecule has 1 aromatic rings. The van der Waals surface area contributed by atoms with Gasteiger partial charge in [-0.1, -0.05) is 83.7 Å². The summed E-state index contributed by atoms with van der Waals surface area (Å²) in [5, 5.41) is 11.6. The summed E-state index contributed by atoms with van der Waals surface area (Å²) >= 11 is 0. The van der Waals surface area contributed by atoms with Crippen LogP contribution in [-0.4, -0.2) is 23.3 Å². The molecular formula is C34H50O3. The highest BCUT2D eigenvalue weighted by atomic mass is 16.5. The van der Waals surface area contributed by atoms with Crippen molar-refractivity contribution in [1.82, 2.24) is 0 Å². The molecule has 3 saturated carbocycles. The SMILES string of the molecule is CC(C)CCC[C@@H](C)[C@@H]1CC[C@@H]2[C@H]3[C@H](O)C=C4C[C@@H](OC(=O)c5ccccc5)CC[C@]4(C)[C@@H]3CC[C@]21C. The van der Waals surface area contributed by atoms with Gasteiger partial charge in [-0.05, 0) is 97.0 Å². The minimum atomic E-state index is -0.365. The van der Waals surface area contributed by atoms with Crippen molar-refractivity contribution in [3.05, 3.63) is 47.5 Å². The molecule has 37 heavy (non-hydrogen) atoms. The van der Waals surface area contributed by atoms with Crippen molar-refractivity contribution < 1.29 is 14.6 Å². The van der Waals surface area contributed by atoms with Gasteiger partial charge in [-0.2, -0.15) is 0 Å². The molecule has 3 nitrogen and oxygen atoms in total. The lowest BCUT2D eigenvalue weighted by Gasteiger charge is -2.59. The summed E-state index contributed by atoms with van der Waals surface area (Å²) in [6.07, 6.45) is 13.7. The number of aliphatic hydroxyl groups is 1. The fourth-order valence-corrected chi connectivity index (χ4v) is 9.53. The lowest BCUT2D eigenvalue weighted by molar-refractivity contribution is -0.0978. The third-order valence-electron chi connectivity index (χ3n) is 11.6.